The maximum Gasteiger partial charge on any atom is 0.307 e. The van der Waals surface area contributed by atoms with Crippen LogP contribution in [0.1, 0.15) is 54.9 Å². The molecule has 2 nitrogen and oxygen atoms in total. The van der Waals surface area contributed by atoms with Crippen molar-refractivity contribution in [1.82, 2.24) is 0 Å². The zero-order valence-corrected chi connectivity index (χ0v) is 9.92. The number of hydrogen-bond acceptors (Lipinski definition) is 1. The largest absolute Gasteiger partial charge is 0.481 e. The van der Waals surface area contributed by atoms with Gasteiger partial charge in [-0.1, -0.05) is 37.6 Å². The van der Waals surface area contributed by atoms with Crippen molar-refractivity contribution < 1.29 is 9.90 Å². The molecule has 0 saturated heterocycles. The third kappa shape index (κ3) is 32.1. The highest BCUT2D eigenvalue weighted by atomic mass is 16.4. The van der Waals surface area contributed by atoms with Gasteiger partial charge in [0, 0.05) is 0 Å². The van der Waals surface area contributed by atoms with E-state index in [1.165, 1.54) is 12.0 Å². The molecule has 0 saturated carbocycles. The molecule has 0 heterocycles. The van der Waals surface area contributed by atoms with Crippen molar-refractivity contribution in [3.05, 3.63) is 23.3 Å². The number of carboxylic acids is 1. The van der Waals surface area contributed by atoms with E-state index >= 15 is 0 Å². The van der Waals surface area contributed by atoms with Crippen molar-refractivity contribution in [2.24, 2.45) is 0 Å². The number of aliphatic carboxylic acids is 1. The molecule has 1 N–H and O–H groups in total. The number of hydrogen-bond donors (Lipinski definition) is 1. The normalized spacial score (nSPS) is 7.53. The minimum Gasteiger partial charge on any atom is -0.481 e. The van der Waals surface area contributed by atoms with Gasteiger partial charge in [-0.3, -0.25) is 4.79 Å². The minimum atomic E-state index is -0.772. The van der Waals surface area contributed by atoms with E-state index in [9.17, 15) is 4.79 Å². The summed E-state index contributed by atoms with van der Waals surface area (Å²) in [6.07, 6.45) is 5.20. The molecule has 0 aromatic heterocycles. The summed E-state index contributed by atoms with van der Waals surface area (Å²) in [5.74, 6) is -0.772. The van der Waals surface area contributed by atoms with Crippen LogP contribution in [0, 0.1) is 0 Å². The Morgan fingerprint density at radius 3 is 1.53 bits per heavy atom. The van der Waals surface area contributed by atoms with Crippen LogP contribution in [0.15, 0.2) is 23.3 Å². The van der Waals surface area contributed by atoms with Crippen LogP contribution in [0.25, 0.3) is 0 Å². The van der Waals surface area contributed by atoms with E-state index in [-0.39, 0.29) is 13.8 Å². The molecule has 0 spiro atoms. The summed E-state index contributed by atoms with van der Waals surface area (Å²) in [4.78, 5) is 9.86. The molecule has 15 heavy (non-hydrogen) atoms. The lowest BCUT2D eigenvalue weighted by Gasteiger charge is -1.84. The molecule has 0 aliphatic carbocycles. The maximum atomic E-state index is 9.86. The molecule has 0 bridgehead atoms. The Labute approximate surface area is 94.7 Å². The SMILES string of the molecule is C.CC(C)=CCC(=O)O.CCC=C(C)C. The molecule has 0 atom stereocenters. The van der Waals surface area contributed by atoms with E-state index in [1.807, 2.05) is 13.8 Å². The Kier molecular flexibility index (Phi) is 16.8. The van der Waals surface area contributed by atoms with Gasteiger partial charge in [0.25, 0.3) is 0 Å². The molecule has 0 rings (SSSR count). The molecule has 90 valence electrons. The standard InChI is InChI=1S/C6H10O2.C6H12.CH4/c1-5(2)3-4-6(7)8;1-4-5-6(2)3;/h3H,4H2,1-2H3,(H,7,8);5H,4H2,1-3H3;1H4. The van der Waals surface area contributed by atoms with Gasteiger partial charge in [0.1, 0.15) is 0 Å². The fourth-order valence-corrected chi connectivity index (χ4v) is 0.700. The average Bonchev–Trinajstić information content (AvgIpc) is 2.01. The quantitative estimate of drug-likeness (QED) is 0.706. The van der Waals surface area contributed by atoms with E-state index in [4.69, 9.17) is 5.11 Å². The first-order valence-corrected chi connectivity index (χ1v) is 4.88. The Balaban J connectivity index is -0.000000187. The van der Waals surface area contributed by atoms with Crippen LogP contribution >= 0.6 is 0 Å². The third-order valence-electron chi connectivity index (χ3n) is 1.30. The Morgan fingerprint density at radius 2 is 1.47 bits per heavy atom. The summed E-state index contributed by atoms with van der Waals surface area (Å²) < 4.78 is 0. The van der Waals surface area contributed by atoms with Crippen molar-refractivity contribution in [2.75, 3.05) is 0 Å². The smallest absolute Gasteiger partial charge is 0.307 e. The lowest BCUT2D eigenvalue weighted by molar-refractivity contribution is -0.136. The van der Waals surface area contributed by atoms with Crippen molar-refractivity contribution in [2.45, 2.75) is 54.9 Å². The molecule has 0 aliphatic rings. The molecule has 0 amide bonds. The number of carbonyl (C=O) groups is 1. The Hall–Kier alpha value is -1.05. The van der Waals surface area contributed by atoms with Crippen molar-refractivity contribution in [3.63, 3.8) is 0 Å². The van der Waals surface area contributed by atoms with Gasteiger partial charge < -0.3 is 5.11 Å². The molecular weight excluding hydrogens is 188 g/mol. The van der Waals surface area contributed by atoms with Gasteiger partial charge in [0.15, 0.2) is 0 Å². The monoisotopic (exact) mass is 214 g/mol. The van der Waals surface area contributed by atoms with E-state index in [0.717, 1.165) is 5.57 Å². The van der Waals surface area contributed by atoms with Crippen LogP contribution in [0.5, 0.6) is 0 Å². The van der Waals surface area contributed by atoms with Gasteiger partial charge >= 0.3 is 5.97 Å². The average molecular weight is 214 g/mol. The van der Waals surface area contributed by atoms with Crippen molar-refractivity contribution >= 4 is 5.97 Å². The van der Waals surface area contributed by atoms with Crippen molar-refractivity contribution in [3.8, 4) is 0 Å². The first kappa shape index (κ1) is 19.5. The van der Waals surface area contributed by atoms with Crippen LogP contribution in [-0.4, -0.2) is 11.1 Å². The first-order valence-electron chi connectivity index (χ1n) is 4.88. The van der Waals surface area contributed by atoms with Crippen molar-refractivity contribution in [1.29, 1.82) is 0 Å². The van der Waals surface area contributed by atoms with Gasteiger partial charge in [-0.05, 0) is 34.1 Å². The summed E-state index contributed by atoms with van der Waals surface area (Å²) in [6.45, 7) is 10.1. The molecular formula is C13H26O2. The number of carboxylic acid groups (broad SMARTS) is 1. The van der Waals surface area contributed by atoms with Crippen LogP contribution in [0.3, 0.4) is 0 Å². The first-order chi connectivity index (χ1) is 6.40. The molecule has 0 radical (unpaired) electrons. The number of rotatable bonds is 3. The van der Waals surface area contributed by atoms with E-state index in [1.54, 1.807) is 6.08 Å². The van der Waals surface area contributed by atoms with E-state index in [2.05, 4.69) is 26.8 Å². The highest BCUT2D eigenvalue weighted by Crippen LogP contribution is 1.91. The molecule has 0 unspecified atom stereocenters. The Bertz CT molecular complexity index is 205. The second-order valence-electron chi connectivity index (χ2n) is 3.57. The molecule has 0 fully saturated rings. The van der Waals surface area contributed by atoms with E-state index < -0.39 is 5.97 Å². The van der Waals surface area contributed by atoms with Gasteiger partial charge in [-0.15, -0.1) is 0 Å². The van der Waals surface area contributed by atoms with Crippen LogP contribution in [-0.2, 0) is 4.79 Å². The number of allylic oxidation sites excluding steroid dienone is 3. The summed E-state index contributed by atoms with van der Waals surface area (Å²) >= 11 is 0. The van der Waals surface area contributed by atoms with Gasteiger partial charge in [0.05, 0.1) is 6.42 Å². The van der Waals surface area contributed by atoms with Crippen LogP contribution < -0.4 is 0 Å². The highest BCUT2D eigenvalue weighted by molar-refractivity contribution is 5.68. The molecule has 0 aliphatic heterocycles. The van der Waals surface area contributed by atoms with Crippen LogP contribution in [0.4, 0.5) is 0 Å². The fraction of sp³-hybridized carbons (Fsp3) is 0.615. The van der Waals surface area contributed by atoms with Crippen LogP contribution in [0.2, 0.25) is 0 Å². The second-order valence-corrected chi connectivity index (χ2v) is 3.57. The van der Waals surface area contributed by atoms with Gasteiger partial charge in [0.2, 0.25) is 0 Å². The zero-order valence-electron chi connectivity index (χ0n) is 9.92. The summed E-state index contributed by atoms with van der Waals surface area (Å²) in [5, 5.41) is 8.12. The third-order valence-corrected chi connectivity index (χ3v) is 1.30. The predicted molar refractivity (Wildman–Crippen MR) is 68.1 cm³/mol. The fourth-order valence-electron chi connectivity index (χ4n) is 0.700. The highest BCUT2D eigenvalue weighted by Gasteiger charge is 1.88. The summed E-state index contributed by atoms with van der Waals surface area (Å²) in [5.41, 5.74) is 2.46. The Morgan fingerprint density at radius 1 is 1.07 bits per heavy atom. The summed E-state index contributed by atoms with van der Waals surface area (Å²) in [7, 11) is 0. The lowest BCUT2D eigenvalue weighted by atomic mass is 10.3. The molecule has 2 heteroatoms. The topological polar surface area (TPSA) is 37.3 Å². The predicted octanol–water partition coefficient (Wildman–Crippen LogP) is 4.43. The molecule has 0 aromatic rings. The van der Waals surface area contributed by atoms with Gasteiger partial charge in [-0.2, -0.15) is 0 Å². The maximum absolute atomic E-state index is 9.86. The molecule has 0 aromatic carbocycles. The van der Waals surface area contributed by atoms with E-state index in [0.29, 0.717) is 0 Å². The minimum absolute atomic E-state index is 0. The lowest BCUT2D eigenvalue weighted by Crippen LogP contribution is -1.90. The van der Waals surface area contributed by atoms with Gasteiger partial charge in [-0.25, -0.2) is 0 Å². The zero-order chi connectivity index (χ0) is 11.6. The second kappa shape index (κ2) is 12.9. The summed E-state index contributed by atoms with van der Waals surface area (Å²) in [6, 6.07) is 0.